The first-order chi connectivity index (χ1) is 6.42. The van der Waals surface area contributed by atoms with Gasteiger partial charge < -0.3 is 10.5 Å². The fourth-order valence-corrected chi connectivity index (χ4v) is 0.802. The van der Waals surface area contributed by atoms with E-state index in [9.17, 15) is 4.79 Å². The van der Waals surface area contributed by atoms with Crippen LogP contribution in [0.3, 0.4) is 0 Å². The van der Waals surface area contributed by atoms with E-state index in [-0.39, 0.29) is 12.4 Å². The van der Waals surface area contributed by atoms with E-state index >= 15 is 0 Å². The Bertz CT molecular complexity index is 326. The van der Waals surface area contributed by atoms with Crippen LogP contribution in [0.4, 0.5) is 0 Å². The summed E-state index contributed by atoms with van der Waals surface area (Å²) in [5, 5.41) is 6.22. The van der Waals surface area contributed by atoms with E-state index in [0.29, 0.717) is 5.82 Å². The van der Waals surface area contributed by atoms with Gasteiger partial charge in [-0.2, -0.15) is 0 Å². The molecule has 0 amide bonds. The SMILES string of the molecule is CC(C)(C)OC(=O)c1n[nH]c(CN)n1. The number of hydrogen-bond donors (Lipinski definition) is 2. The highest BCUT2D eigenvalue weighted by atomic mass is 16.6. The van der Waals surface area contributed by atoms with Gasteiger partial charge in [0.05, 0.1) is 6.54 Å². The summed E-state index contributed by atoms with van der Waals surface area (Å²) < 4.78 is 5.06. The third-order valence-corrected chi connectivity index (χ3v) is 1.31. The molecule has 0 bridgehead atoms. The number of hydrogen-bond acceptors (Lipinski definition) is 5. The second kappa shape index (κ2) is 3.75. The molecule has 0 aromatic carbocycles. The Balaban J connectivity index is 2.70. The quantitative estimate of drug-likeness (QED) is 0.663. The van der Waals surface area contributed by atoms with Crippen molar-refractivity contribution in [2.24, 2.45) is 5.73 Å². The predicted octanol–water partition coefficient (Wildman–Crippen LogP) is 0.219. The number of nitrogens with one attached hydrogen (secondary N) is 1. The summed E-state index contributed by atoms with van der Waals surface area (Å²) in [6, 6.07) is 0. The normalized spacial score (nSPS) is 11.4. The molecule has 1 heterocycles. The summed E-state index contributed by atoms with van der Waals surface area (Å²) in [7, 11) is 0. The van der Waals surface area contributed by atoms with E-state index < -0.39 is 11.6 Å². The zero-order valence-electron chi connectivity index (χ0n) is 8.50. The van der Waals surface area contributed by atoms with Crippen molar-refractivity contribution in [2.45, 2.75) is 32.9 Å². The molecule has 6 nitrogen and oxygen atoms in total. The molecule has 0 unspecified atom stereocenters. The average molecular weight is 198 g/mol. The van der Waals surface area contributed by atoms with Gasteiger partial charge in [-0.05, 0) is 20.8 Å². The summed E-state index contributed by atoms with van der Waals surface area (Å²) in [6.45, 7) is 5.56. The minimum absolute atomic E-state index is 0.0142. The van der Waals surface area contributed by atoms with E-state index in [1.54, 1.807) is 20.8 Å². The number of nitrogens with two attached hydrogens (primary N) is 1. The lowest BCUT2D eigenvalue weighted by Crippen LogP contribution is -2.24. The van der Waals surface area contributed by atoms with Gasteiger partial charge in [0.15, 0.2) is 0 Å². The van der Waals surface area contributed by atoms with Gasteiger partial charge in [0, 0.05) is 0 Å². The van der Waals surface area contributed by atoms with Crippen LogP contribution < -0.4 is 5.73 Å². The van der Waals surface area contributed by atoms with Gasteiger partial charge in [0.25, 0.3) is 5.82 Å². The number of nitrogens with zero attached hydrogens (tertiary/aromatic N) is 2. The van der Waals surface area contributed by atoms with Crippen molar-refractivity contribution in [3.8, 4) is 0 Å². The third kappa shape index (κ3) is 2.81. The summed E-state index contributed by atoms with van der Waals surface area (Å²) in [5.74, 6) is -0.0697. The monoisotopic (exact) mass is 198 g/mol. The molecule has 1 aromatic rings. The molecule has 0 atom stereocenters. The largest absolute Gasteiger partial charge is 0.454 e. The van der Waals surface area contributed by atoms with E-state index in [1.165, 1.54) is 0 Å². The number of rotatable bonds is 2. The molecule has 3 N–H and O–H groups in total. The van der Waals surface area contributed by atoms with Crippen molar-refractivity contribution in [2.75, 3.05) is 0 Å². The van der Waals surface area contributed by atoms with E-state index in [1.807, 2.05) is 0 Å². The number of aromatic nitrogens is 3. The molecule has 6 heteroatoms. The zero-order valence-corrected chi connectivity index (χ0v) is 8.50. The van der Waals surface area contributed by atoms with Gasteiger partial charge in [-0.15, -0.1) is 5.10 Å². The first-order valence-corrected chi connectivity index (χ1v) is 4.27. The van der Waals surface area contributed by atoms with Crippen molar-refractivity contribution < 1.29 is 9.53 Å². The Morgan fingerprint density at radius 1 is 1.57 bits per heavy atom. The highest BCUT2D eigenvalue weighted by Gasteiger charge is 2.21. The highest BCUT2D eigenvalue weighted by molar-refractivity contribution is 5.85. The average Bonchev–Trinajstić information content (AvgIpc) is 2.48. The lowest BCUT2D eigenvalue weighted by Gasteiger charge is -2.17. The van der Waals surface area contributed by atoms with Crippen LogP contribution in [0.2, 0.25) is 0 Å². The molecule has 0 aliphatic rings. The van der Waals surface area contributed by atoms with E-state index in [2.05, 4.69) is 15.2 Å². The summed E-state index contributed by atoms with van der Waals surface area (Å²) >= 11 is 0. The molecule has 1 aromatic heterocycles. The smallest absolute Gasteiger partial charge is 0.378 e. The molecule has 0 saturated carbocycles. The summed E-state index contributed by atoms with van der Waals surface area (Å²) in [5.41, 5.74) is 4.76. The first kappa shape index (κ1) is 10.6. The molecule has 0 saturated heterocycles. The van der Waals surface area contributed by atoms with Crippen LogP contribution in [-0.2, 0) is 11.3 Å². The van der Waals surface area contributed by atoms with Crippen molar-refractivity contribution in [3.05, 3.63) is 11.6 Å². The molecule has 14 heavy (non-hydrogen) atoms. The Labute approximate surface area is 81.9 Å². The standard InChI is InChI=1S/C8H14N4O2/c1-8(2,3)14-7(13)6-10-5(4-9)11-12-6/h4,9H2,1-3H3,(H,10,11,12). The third-order valence-electron chi connectivity index (χ3n) is 1.31. The first-order valence-electron chi connectivity index (χ1n) is 4.27. The highest BCUT2D eigenvalue weighted by Crippen LogP contribution is 2.09. The molecule has 0 spiro atoms. The van der Waals surface area contributed by atoms with Crippen LogP contribution in [0.5, 0.6) is 0 Å². The number of ether oxygens (including phenoxy) is 1. The van der Waals surface area contributed by atoms with Gasteiger partial charge >= 0.3 is 5.97 Å². The number of aromatic amines is 1. The Hall–Kier alpha value is -1.43. The molecular weight excluding hydrogens is 184 g/mol. The second-order valence-corrected chi connectivity index (χ2v) is 3.81. The van der Waals surface area contributed by atoms with Gasteiger partial charge in [-0.25, -0.2) is 9.78 Å². The van der Waals surface area contributed by atoms with Crippen molar-refractivity contribution in [1.29, 1.82) is 0 Å². The maximum atomic E-state index is 11.4. The molecule has 0 fully saturated rings. The van der Waals surface area contributed by atoms with Crippen LogP contribution in [-0.4, -0.2) is 26.8 Å². The van der Waals surface area contributed by atoms with Crippen molar-refractivity contribution in [3.63, 3.8) is 0 Å². The minimum atomic E-state index is -0.548. The van der Waals surface area contributed by atoms with Gasteiger partial charge in [0.2, 0.25) is 0 Å². The molecular formula is C8H14N4O2. The Kier molecular flexibility index (Phi) is 2.85. The Morgan fingerprint density at radius 2 is 2.21 bits per heavy atom. The number of carbonyl (C=O) groups excluding carboxylic acids is 1. The summed E-state index contributed by atoms with van der Waals surface area (Å²) in [4.78, 5) is 15.2. The van der Waals surface area contributed by atoms with Crippen LogP contribution >= 0.6 is 0 Å². The van der Waals surface area contributed by atoms with Crippen molar-refractivity contribution in [1.82, 2.24) is 15.2 Å². The van der Waals surface area contributed by atoms with Crippen LogP contribution in [0.1, 0.15) is 37.2 Å². The van der Waals surface area contributed by atoms with E-state index in [4.69, 9.17) is 10.5 Å². The molecule has 78 valence electrons. The molecule has 0 aliphatic carbocycles. The fourth-order valence-electron chi connectivity index (χ4n) is 0.802. The van der Waals surface area contributed by atoms with Gasteiger partial charge in [-0.1, -0.05) is 0 Å². The maximum absolute atomic E-state index is 11.4. The minimum Gasteiger partial charge on any atom is -0.454 e. The topological polar surface area (TPSA) is 93.9 Å². The fraction of sp³-hybridized carbons (Fsp3) is 0.625. The second-order valence-electron chi connectivity index (χ2n) is 3.81. The zero-order chi connectivity index (χ0) is 10.8. The van der Waals surface area contributed by atoms with Crippen LogP contribution in [0, 0.1) is 0 Å². The number of H-pyrrole nitrogens is 1. The molecule has 0 aliphatic heterocycles. The maximum Gasteiger partial charge on any atom is 0.378 e. The summed E-state index contributed by atoms with van der Waals surface area (Å²) in [6.07, 6.45) is 0. The Morgan fingerprint density at radius 3 is 2.64 bits per heavy atom. The van der Waals surface area contributed by atoms with Crippen LogP contribution in [0.25, 0.3) is 0 Å². The lowest BCUT2D eigenvalue weighted by atomic mass is 10.2. The molecule has 0 radical (unpaired) electrons. The van der Waals surface area contributed by atoms with Crippen LogP contribution in [0.15, 0.2) is 0 Å². The van der Waals surface area contributed by atoms with E-state index in [0.717, 1.165) is 0 Å². The number of esters is 1. The predicted molar refractivity (Wildman–Crippen MR) is 49.4 cm³/mol. The lowest BCUT2D eigenvalue weighted by molar-refractivity contribution is 0.00561. The van der Waals surface area contributed by atoms with Gasteiger partial charge in [0.1, 0.15) is 11.4 Å². The molecule has 1 rings (SSSR count). The number of carbonyl (C=O) groups is 1. The van der Waals surface area contributed by atoms with Gasteiger partial charge in [-0.3, -0.25) is 5.10 Å². The van der Waals surface area contributed by atoms with Crippen molar-refractivity contribution >= 4 is 5.97 Å².